The summed E-state index contributed by atoms with van der Waals surface area (Å²) in [7, 11) is 0. The SMILES string of the molecule is [CH2]c1cc(CCCC)c(O)c(CCCC)c1. The third-order valence-electron chi connectivity index (χ3n) is 2.93. The van der Waals surface area contributed by atoms with Gasteiger partial charge in [0, 0.05) is 0 Å². The van der Waals surface area contributed by atoms with Gasteiger partial charge in [0.15, 0.2) is 0 Å². The maximum absolute atomic E-state index is 10.1. The summed E-state index contributed by atoms with van der Waals surface area (Å²) in [6.07, 6.45) is 6.50. The molecule has 1 rings (SSSR count). The van der Waals surface area contributed by atoms with Crippen molar-refractivity contribution in [2.75, 3.05) is 0 Å². The van der Waals surface area contributed by atoms with Gasteiger partial charge in [0.1, 0.15) is 5.75 Å². The van der Waals surface area contributed by atoms with Gasteiger partial charge in [-0.1, -0.05) is 38.8 Å². The van der Waals surface area contributed by atoms with Crippen LogP contribution in [-0.4, -0.2) is 5.11 Å². The molecule has 0 fully saturated rings. The highest BCUT2D eigenvalue weighted by molar-refractivity contribution is 5.44. The van der Waals surface area contributed by atoms with E-state index in [1.807, 2.05) is 12.1 Å². The van der Waals surface area contributed by atoms with Gasteiger partial charge in [-0.2, -0.15) is 0 Å². The summed E-state index contributed by atoms with van der Waals surface area (Å²) >= 11 is 0. The van der Waals surface area contributed by atoms with Crippen LogP contribution in [0.4, 0.5) is 0 Å². The van der Waals surface area contributed by atoms with Crippen molar-refractivity contribution in [3.05, 3.63) is 35.7 Å². The molecule has 1 aromatic carbocycles. The smallest absolute Gasteiger partial charge is 0.121 e. The molecule has 0 atom stereocenters. The highest BCUT2D eigenvalue weighted by Crippen LogP contribution is 2.27. The maximum atomic E-state index is 10.1. The van der Waals surface area contributed by atoms with Gasteiger partial charge < -0.3 is 5.11 Å². The molecular formula is C15H23O. The van der Waals surface area contributed by atoms with E-state index in [1.165, 1.54) is 0 Å². The Hall–Kier alpha value is -0.980. The molecule has 1 nitrogen and oxygen atoms in total. The molecule has 0 aromatic heterocycles. The lowest BCUT2D eigenvalue weighted by atomic mass is 9.97. The molecule has 1 aromatic rings. The molecule has 1 N–H and O–H groups in total. The molecule has 0 heterocycles. The number of aromatic hydroxyl groups is 1. The van der Waals surface area contributed by atoms with Crippen molar-refractivity contribution in [2.24, 2.45) is 0 Å². The maximum Gasteiger partial charge on any atom is 0.121 e. The lowest BCUT2D eigenvalue weighted by molar-refractivity contribution is 0.458. The average molecular weight is 219 g/mol. The Kier molecular flexibility index (Phi) is 5.37. The monoisotopic (exact) mass is 219 g/mol. The van der Waals surface area contributed by atoms with Crippen molar-refractivity contribution in [1.82, 2.24) is 0 Å². The first-order valence-corrected chi connectivity index (χ1v) is 6.35. The van der Waals surface area contributed by atoms with E-state index >= 15 is 0 Å². The second-order valence-electron chi connectivity index (χ2n) is 4.47. The highest BCUT2D eigenvalue weighted by atomic mass is 16.3. The van der Waals surface area contributed by atoms with Crippen molar-refractivity contribution in [3.63, 3.8) is 0 Å². The van der Waals surface area contributed by atoms with Crippen LogP contribution in [0.2, 0.25) is 0 Å². The van der Waals surface area contributed by atoms with Crippen molar-refractivity contribution in [1.29, 1.82) is 0 Å². The molecule has 0 aliphatic heterocycles. The summed E-state index contributed by atoms with van der Waals surface area (Å²) in [5.41, 5.74) is 3.16. The standard InChI is InChI=1S/C15H23O/c1-4-6-8-13-10-12(3)11-14(15(13)16)9-7-5-2/h10-11,16H,3-9H2,1-2H3. The number of phenolic OH excluding ortho intramolecular Hbond substituents is 1. The van der Waals surface area contributed by atoms with Gasteiger partial charge in [0.25, 0.3) is 0 Å². The number of rotatable bonds is 6. The van der Waals surface area contributed by atoms with Crippen LogP contribution in [0.3, 0.4) is 0 Å². The average Bonchev–Trinajstić information content (AvgIpc) is 2.28. The Labute approximate surface area is 99.5 Å². The summed E-state index contributed by atoms with van der Waals surface area (Å²) in [6, 6.07) is 4.03. The molecule has 0 aliphatic rings. The van der Waals surface area contributed by atoms with Gasteiger partial charge in [-0.15, -0.1) is 0 Å². The molecule has 1 radical (unpaired) electrons. The van der Waals surface area contributed by atoms with Crippen LogP contribution < -0.4 is 0 Å². The van der Waals surface area contributed by atoms with Crippen LogP contribution in [0.25, 0.3) is 0 Å². The van der Waals surface area contributed by atoms with Crippen LogP contribution in [0, 0.1) is 6.92 Å². The summed E-state index contributed by atoms with van der Waals surface area (Å²) in [6.45, 7) is 8.33. The summed E-state index contributed by atoms with van der Waals surface area (Å²) in [5.74, 6) is 0.509. The predicted molar refractivity (Wildman–Crippen MR) is 69.8 cm³/mol. The van der Waals surface area contributed by atoms with E-state index in [0.717, 1.165) is 55.2 Å². The third-order valence-corrected chi connectivity index (χ3v) is 2.93. The first-order chi connectivity index (χ1) is 7.69. The minimum atomic E-state index is 0.509. The fourth-order valence-corrected chi connectivity index (χ4v) is 1.95. The summed E-state index contributed by atoms with van der Waals surface area (Å²) in [5, 5.41) is 10.1. The van der Waals surface area contributed by atoms with Crippen molar-refractivity contribution >= 4 is 0 Å². The zero-order valence-corrected chi connectivity index (χ0v) is 10.6. The van der Waals surface area contributed by atoms with Gasteiger partial charge in [0.2, 0.25) is 0 Å². The van der Waals surface area contributed by atoms with E-state index < -0.39 is 0 Å². The highest BCUT2D eigenvalue weighted by Gasteiger charge is 2.07. The van der Waals surface area contributed by atoms with E-state index in [1.54, 1.807) is 0 Å². The number of hydrogen-bond donors (Lipinski definition) is 1. The summed E-state index contributed by atoms with van der Waals surface area (Å²) in [4.78, 5) is 0. The Morgan fingerprint density at radius 2 is 1.44 bits per heavy atom. The zero-order valence-electron chi connectivity index (χ0n) is 10.6. The van der Waals surface area contributed by atoms with Crippen molar-refractivity contribution in [2.45, 2.75) is 52.4 Å². The molecule has 0 unspecified atom stereocenters. The van der Waals surface area contributed by atoms with Crippen LogP contribution in [0.15, 0.2) is 12.1 Å². The third kappa shape index (κ3) is 3.55. The van der Waals surface area contributed by atoms with E-state index in [9.17, 15) is 5.11 Å². The minimum Gasteiger partial charge on any atom is -0.507 e. The van der Waals surface area contributed by atoms with Gasteiger partial charge in [-0.3, -0.25) is 0 Å². The lowest BCUT2D eigenvalue weighted by Crippen LogP contribution is -1.94. The first kappa shape index (κ1) is 13.1. The van der Waals surface area contributed by atoms with Gasteiger partial charge in [0.05, 0.1) is 0 Å². The Balaban J connectivity index is 2.86. The fourth-order valence-electron chi connectivity index (χ4n) is 1.95. The summed E-state index contributed by atoms with van der Waals surface area (Å²) < 4.78 is 0. The van der Waals surface area contributed by atoms with Crippen LogP contribution in [-0.2, 0) is 12.8 Å². The van der Waals surface area contributed by atoms with Crippen LogP contribution in [0.5, 0.6) is 5.75 Å². The first-order valence-electron chi connectivity index (χ1n) is 6.35. The van der Waals surface area contributed by atoms with Crippen LogP contribution >= 0.6 is 0 Å². The number of unbranched alkanes of at least 4 members (excludes halogenated alkanes) is 2. The van der Waals surface area contributed by atoms with Crippen molar-refractivity contribution in [3.8, 4) is 5.75 Å². The number of aryl methyl sites for hydroxylation is 2. The second-order valence-corrected chi connectivity index (χ2v) is 4.47. The molecule has 16 heavy (non-hydrogen) atoms. The topological polar surface area (TPSA) is 20.2 Å². The molecule has 0 bridgehead atoms. The molecule has 0 saturated carbocycles. The largest absolute Gasteiger partial charge is 0.507 e. The Morgan fingerprint density at radius 3 is 1.81 bits per heavy atom. The zero-order chi connectivity index (χ0) is 12.0. The minimum absolute atomic E-state index is 0.509. The molecule has 0 amide bonds. The normalized spacial score (nSPS) is 10.7. The molecule has 0 aliphatic carbocycles. The predicted octanol–water partition coefficient (Wildman–Crippen LogP) is 4.26. The van der Waals surface area contributed by atoms with Gasteiger partial charge in [-0.25, -0.2) is 0 Å². The van der Waals surface area contributed by atoms with E-state index in [-0.39, 0.29) is 0 Å². The molecular weight excluding hydrogens is 196 g/mol. The van der Waals surface area contributed by atoms with E-state index in [0.29, 0.717) is 5.75 Å². The molecule has 0 spiro atoms. The van der Waals surface area contributed by atoms with Gasteiger partial charge in [-0.05, 0) is 49.3 Å². The Morgan fingerprint density at radius 1 is 1.00 bits per heavy atom. The molecule has 1 heteroatoms. The fraction of sp³-hybridized carbons (Fsp3) is 0.533. The number of benzene rings is 1. The Bertz CT molecular complexity index is 299. The molecule has 89 valence electrons. The second kappa shape index (κ2) is 6.57. The van der Waals surface area contributed by atoms with E-state index in [4.69, 9.17) is 0 Å². The van der Waals surface area contributed by atoms with E-state index in [2.05, 4.69) is 20.8 Å². The number of phenols is 1. The van der Waals surface area contributed by atoms with Crippen molar-refractivity contribution < 1.29 is 5.11 Å². The molecule has 0 saturated heterocycles. The lowest BCUT2D eigenvalue weighted by Gasteiger charge is -2.11. The quantitative estimate of drug-likeness (QED) is 0.758. The number of hydrogen-bond acceptors (Lipinski definition) is 1. The van der Waals surface area contributed by atoms with Crippen LogP contribution in [0.1, 0.15) is 56.2 Å². The van der Waals surface area contributed by atoms with Gasteiger partial charge >= 0.3 is 0 Å².